The molecule has 1 atom stereocenters. The monoisotopic (exact) mass is 257 g/mol. The first kappa shape index (κ1) is 13.4. The van der Waals surface area contributed by atoms with E-state index in [1.807, 2.05) is 55.5 Å². The van der Waals surface area contributed by atoms with Gasteiger partial charge in [0.2, 0.25) is 0 Å². The Balaban J connectivity index is 2.17. The van der Waals surface area contributed by atoms with Crippen molar-refractivity contribution in [2.75, 3.05) is 7.11 Å². The number of hydrogen-bond donors (Lipinski definition) is 1. The summed E-state index contributed by atoms with van der Waals surface area (Å²) < 4.78 is 11.0. The van der Waals surface area contributed by atoms with Gasteiger partial charge in [-0.15, -0.1) is 0 Å². The minimum atomic E-state index is 0.112. The van der Waals surface area contributed by atoms with Crippen LogP contribution >= 0.6 is 0 Å². The first-order chi connectivity index (χ1) is 9.19. The molecule has 3 heteroatoms. The Morgan fingerprint density at radius 1 is 1.00 bits per heavy atom. The Morgan fingerprint density at radius 2 is 1.63 bits per heavy atom. The van der Waals surface area contributed by atoms with Crippen molar-refractivity contribution < 1.29 is 9.47 Å². The van der Waals surface area contributed by atoms with Crippen molar-refractivity contribution in [1.29, 1.82) is 0 Å². The third-order valence-electron chi connectivity index (χ3n) is 2.80. The summed E-state index contributed by atoms with van der Waals surface area (Å²) in [6.45, 7) is 1.99. The van der Waals surface area contributed by atoms with Crippen molar-refractivity contribution in [3.8, 4) is 17.2 Å². The smallest absolute Gasteiger partial charge is 0.130 e. The van der Waals surface area contributed by atoms with E-state index in [1.54, 1.807) is 7.11 Å². The summed E-state index contributed by atoms with van der Waals surface area (Å²) in [5.74, 6) is 2.46. The highest BCUT2D eigenvalue weighted by atomic mass is 16.5. The van der Waals surface area contributed by atoms with Crippen molar-refractivity contribution in [3.63, 3.8) is 0 Å². The van der Waals surface area contributed by atoms with Crippen molar-refractivity contribution in [2.45, 2.75) is 19.4 Å². The predicted molar refractivity (Wildman–Crippen MR) is 76.9 cm³/mol. The molecule has 3 nitrogen and oxygen atoms in total. The molecule has 0 bridgehead atoms. The molecule has 0 spiro atoms. The molecule has 0 aliphatic rings. The molecule has 100 valence electrons. The predicted octanol–water partition coefficient (Wildman–Crippen LogP) is 3.38. The molecule has 0 saturated heterocycles. The number of benzene rings is 2. The lowest BCUT2D eigenvalue weighted by atomic mass is 10.1. The van der Waals surface area contributed by atoms with E-state index in [-0.39, 0.29) is 6.04 Å². The lowest BCUT2D eigenvalue weighted by Gasteiger charge is -2.13. The van der Waals surface area contributed by atoms with Crippen LogP contribution in [0.2, 0.25) is 0 Å². The summed E-state index contributed by atoms with van der Waals surface area (Å²) in [5, 5.41) is 0. The van der Waals surface area contributed by atoms with Gasteiger partial charge in [-0.1, -0.05) is 18.2 Å². The van der Waals surface area contributed by atoms with Crippen molar-refractivity contribution in [2.24, 2.45) is 5.73 Å². The van der Waals surface area contributed by atoms with E-state index in [4.69, 9.17) is 15.2 Å². The fourth-order valence-electron chi connectivity index (χ4n) is 1.89. The molecule has 0 aliphatic carbocycles. The number of hydrogen-bond acceptors (Lipinski definition) is 3. The lowest BCUT2D eigenvalue weighted by Crippen LogP contribution is -2.18. The maximum atomic E-state index is 5.90. The van der Waals surface area contributed by atoms with Gasteiger partial charge in [0.05, 0.1) is 7.11 Å². The van der Waals surface area contributed by atoms with Crippen LogP contribution in [0.3, 0.4) is 0 Å². The normalized spacial score (nSPS) is 11.9. The van der Waals surface area contributed by atoms with Gasteiger partial charge < -0.3 is 15.2 Å². The van der Waals surface area contributed by atoms with Crippen LogP contribution in [0.15, 0.2) is 48.5 Å². The average Bonchev–Trinajstić information content (AvgIpc) is 2.41. The van der Waals surface area contributed by atoms with Crippen LogP contribution in [0.5, 0.6) is 17.2 Å². The van der Waals surface area contributed by atoms with Crippen LogP contribution in [-0.4, -0.2) is 13.2 Å². The SMILES string of the molecule is COc1ccc(Oc2ccccc2CC(C)N)cc1. The summed E-state index contributed by atoms with van der Waals surface area (Å²) in [6, 6.07) is 15.6. The molecule has 2 rings (SSSR count). The van der Waals surface area contributed by atoms with Gasteiger partial charge in [0.15, 0.2) is 0 Å². The molecule has 2 aromatic rings. The standard InChI is InChI=1S/C16H19NO2/c1-12(17)11-13-5-3-4-6-16(13)19-15-9-7-14(18-2)8-10-15/h3-10,12H,11,17H2,1-2H3. The third kappa shape index (κ3) is 3.73. The average molecular weight is 257 g/mol. The highest BCUT2D eigenvalue weighted by molar-refractivity contribution is 5.39. The minimum Gasteiger partial charge on any atom is -0.497 e. The zero-order valence-corrected chi connectivity index (χ0v) is 11.3. The van der Waals surface area contributed by atoms with Gasteiger partial charge in [-0.05, 0) is 49.2 Å². The molecule has 2 aromatic carbocycles. The highest BCUT2D eigenvalue weighted by Crippen LogP contribution is 2.27. The van der Waals surface area contributed by atoms with E-state index in [0.717, 1.165) is 29.2 Å². The summed E-state index contributed by atoms with van der Waals surface area (Å²) in [6.07, 6.45) is 0.798. The zero-order chi connectivity index (χ0) is 13.7. The minimum absolute atomic E-state index is 0.112. The van der Waals surface area contributed by atoms with E-state index in [2.05, 4.69) is 0 Å². The number of nitrogens with two attached hydrogens (primary N) is 1. The maximum absolute atomic E-state index is 5.90. The van der Waals surface area contributed by atoms with Crippen LogP contribution in [-0.2, 0) is 6.42 Å². The topological polar surface area (TPSA) is 44.5 Å². The molecule has 0 fully saturated rings. The summed E-state index contributed by atoms with van der Waals surface area (Å²) in [7, 11) is 1.65. The van der Waals surface area contributed by atoms with Crippen LogP contribution in [0.1, 0.15) is 12.5 Å². The van der Waals surface area contributed by atoms with E-state index < -0.39 is 0 Å². The second-order valence-electron chi connectivity index (χ2n) is 4.57. The summed E-state index contributed by atoms with van der Waals surface area (Å²) in [4.78, 5) is 0. The van der Waals surface area contributed by atoms with Crippen molar-refractivity contribution in [1.82, 2.24) is 0 Å². The van der Waals surface area contributed by atoms with Gasteiger partial charge in [-0.2, -0.15) is 0 Å². The van der Waals surface area contributed by atoms with Crippen LogP contribution < -0.4 is 15.2 Å². The van der Waals surface area contributed by atoms with Gasteiger partial charge in [-0.25, -0.2) is 0 Å². The maximum Gasteiger partial charge on any atom is 0.130 e. The molecular formula is C16H19NO2. The van der Waals surface area contributed by atoms with E-state index in [0.29, 0.717) is 0 Å². The van der Waals surface area contributed by atoms with Crippen molar-refractivity contribution >= 4 is 0 Å². The molecule has 2 N–H and O–H groups in total. The Labute approximate surface area is 114 Å². The number of para-hydroxylation sites is 1. The molecular weight excluding hydrogens is 238 g/mol. The Morgan fingerprint density at radius 3 is 2.26 bits per heavy atom. The van der Waals surface area contributed by atoms with E-state index in [9.17, 15) is 0 Å². The van der Waals surface area contributed by atoms with Crippen LogP contribution in [0.25, 0.3) is 0 Å². The van der Waals surface area contributed by atoms with Gasteiger partial charge in [0.25, 0.3) is 0 Å². The second kappa shape index (κ2) is 6.25. The number of ether oxygens (including phenoxy) is 2. The van der Waals surface area contributed by atoms with Crippen molar-refractivity contribution in [3.05, 3.63) is 54.1 Å². The third-order valence-corrected chi connectivity index (χ3v) is 2.80. The van der Waals surface area contributed by atoms with Gasteiger partial charge >= 0.3 is 0 Å². The van der Waals surface area contributed by atoms with E-state index in [1.165, 1.54) is 0 Å². The second-order valence-corrected chi connectivity index (χ2v) is 4.57. The molecule has 0 radical (unpaired) electrons. The van der Waals surface area contributed by atoms with E-state index >= 15 is 0 Å². The first-order valence-electron chi connectivity index (χ1n) is 6.34. The quantitative estimate of drug-likeness (QED) is 0.893. The Bertz CT molecular complexity index is 521. The zero-order valence-electron chi connectivity index (χ0n) is 11.3. The summed E-state index contributed by atoms with van der Waals surface area (Å²) >= 11 is 0. The molecule has 19 heavy (non-hydrogen) atoms. The molecule has 0 saturated carbocycles. The summed E-state index contributed by atoms with van der Waals surface area (Å²) in [5.41, 5.74) is 6.97. The molecule has 0 aliphatic heterocycles. The fraction of sp³-hybridized carbons (Fsp3) is 0.250. The highest BCUT2D eigenvalue weighted by Gasteiger charge is 2.06. The first-order valence-corrected chi connectivity index (χ1v) is 6.34. The number of rotatable bonds is 5. The molecule has 1 unspecified atom stereocenters. The lowest BCUT2D eigenvalue weighted by molar-refractivity contribution is 0.412. The van der Waals surface area contributed by atoms with Gasteiger partial charge in [0, 0.05) is 6.04 Å². The Kier molecular flexibility index (Phi) is 4.42. The molecule has 0 amide bonds. The fourth-order valence-corrected chi connectivity index (χ4v) is 1.89. The van der Waals surface area contributed by atoms with Gasteiger partial charge in [0.1, 0.15) is 17.2 Å². The largest absolute Gasteiger partial charge is 0.497 e. The molecule has 0 heterocycles. The van der Waals surface area contributed by atoms with Gasteiger partial charge in [-0.3, -0.25) is 0 Å². The van der Waals surface area contributed by atoms with Crippen LogP contribution in [0.4, 0.5) is 0 Å². The number of methoxy groups -OCH3 is 1. The van der Waals surface area contributed by atoms with Crippen LogP contribution in [0, 0.1) is 0 Å². The molecule has 0 aromatic heterocycles. The Hall–Kier alpha value is -2.00.